The van der Waals surface area contributed by atoms with Crippen molar-refractivity contribution in [3.8, 4) is 0 Å². The number of halogens is 1. The normalized spacial score (nSPS) is 23.8. The molecule has 1 aromatic rings. The van der Waals surface area contributed by atoms with Gasteiger partial charge in [-0.05, 0) is 41.8 Å². The molecule has 2 heterocycles. The minimum Gasteiger partial charge on any atom is -0.376 e. The van der Waals surface area contributed by atoms with Gasteiger partial charge in [-0.25, -0.2) is 0 Å². The second-order valence-electron chi connectivity index (χ2n) is 4.42. The number of thiophene rings is 1. The highest BCUT2D eigenvalue weighted by atomic mass is 79.9. The molecule has 5 heteroatoms. The molecule has 1 aliphatic heterocycles. The molecule has 0 amide bonds. The third kappa shape index (κ3) is 3.76. The third-order valence-electron chi connectivity index (χ3n) is 2.83. The van der Waals surface area contributed by atoms with Crippen LogP contribution in [0.2, 0.25) is 0 Å². The summed E-state index contributed by atoms with van der Waals surface area (Å²) in [5, 5.41) is 2.06. The van der Waals surface area contributed by atoms with Crippen LogP contribution in [0.5, 0.6) is 0 Å². The lowest BCUT2D eigenvalue weighted by atomic mass is 10.1. The Morgan fingerprint density at radius 1 is 1.71 bits per heavy atom. The van der Waals surface area contributed by atoms with Gasteiger partial charge in [-0.15, -0.1) is 11.3 Å². The van der Waals surface area contributed by atoms with Crippen LogP contribution in [0, 0.1) is 0 Å². The van der Waals surface area contributed by atoms with Crippen LogP contribution in [0.3, 0.4) is 0 Å². The highest BCUT2D eigenvalue weighted by molar-refractivity contribution is 9.10. The number of nitrogens with two attached hydrogens (primary N) is 1. The van der Waals surface area contributed by atoms with E-state index in [4.69, 9.17) is 15.2 Å². The molecule has 0 saturated carbocycles. The maximum atomic E-state index is 5.99. The average Bonchev–Trinajstić information content (AvgIpc) is 2.90. The fraction of sp³-hybridized carbons (Fsp3) is 0.667. The summed E-state index contributed by atoms with van der Waals surface area (Å²) in [4.78, 5) is 1.17. The lowest BCUT2D eigenvalue weighted by Crippen LogP contribution is -2.29. The Morgan fingerprint density at radius 3 is 3.06 bits per heavy atom. The van der Waals surface area contributed by atoms with E-state index < -0.39 is 0 Å². The second-order valence-corrected chi connectivity index (χ2v) is 6.27. The van der Waals surface area contributed by atoms with Gasteiger partial charge in [-0.1, -0.05) is 0 Å². The van der Waals surface area contributed by atoms with Gasteiger partial charge in [0.25, 0.3) is 0 Å². The summed E-state index contributed by atoms with van der Waals surface area (Å²) < 4.78 is 12.6. The standard InChI is InChI=1S/C12H18BrNO2S/c1-8(14)12(11-5-9(13)7-17-11)16-6-10-3-2-4-15-10/h5,7-8,10,12H,2-4,6,14H2,1H3. The Balaban J connectivity index is 1.92. The maximum Gasteiger partial charge on any atom is 0.107 e. The minimum atomic E-state index is -0.0319. The SMILES string of the molecule is CC(N)C(OCC1CCCO1)c1cc(Br)cs1. The van der Waals surface area contributed by atoms with E-state index >= 15 is 0 Å². The first-order chi connectivity index (χ1) is 8.16. The fourth-order valence-electron chi connectivity index (χ4n) is 1.96. The second kappa shape index (κ2) is 6.29. The van der Waals surface area contributed by atoms with Crippen LogP contribution in [-0.2, 0) is 9.47 Å². The molecule has 17 heavy (non-hydrogen) atoms. The first kappa shape index (κ1) is 13.5. The van der Waals surface area contributed by atoms with Crippen LogP contribution < -0.4 is 5.73 Å². The van der Waals surface area contributed by atoms with E-state index in [1.807, 2.05) is 6.92 Å². The zero-order chi connectivity index (χ0) is 12.3. The summed E-state index contributed by atoms with van der Waals surface area (Å²) in [7, 11) is 0. The van der Waals surface area contributed by atoms with Crippen molar-refractivity contribution >= 4 is 27.3 Å². The van der Waals surface area contributed by atoms with Crippen LogP contribution >= 0.6 is 27.3 Å². The van der Waals surface area contributed by atoms with E-state index in [0.29, 0.717) is 6.61 Å². The topological polar surface area (TPSA) is 44.5 Å². The predicted octanol–water partition coefficient (Wildman–Crippen LogP) is 3.09. The molecule has 2 rings (SSSR count). The molecule has 0 aliphatic carbocycles. The van der Waals surface area contributed by atoms with Crippen LogP contribution in [0.25, 0.3) is 0 Å². The molecule has 0 spiro atoms. The third-order valence-corrected chi connectivity index (χ3v) is 4.59. The molecule has 1 fully saturated rings. The van der Waals surface area contributed by atoms with Gasteiger partial charge in [0.05, 0.1) is 12.7 Å². The molecular weight excluding hydrogens is 302 g/mol. The molecule has 3 nitrogen and oxygen atoms in total. The summed E-state index contributed by atoms with van der Waals surface area (Å²) in [6.07, 6.45) is 2.46. The van der Waals surface area contributed by atoms with Crippen molar-refractivity contribution in [2.24, 2.45) is 5.73 Å². The Hall–Kier alpha value is 0.0600. The van der Waals surface area contributed by atoms with Gasteiger partial charge in [0, 0.05) is 27.4 Å². The maximum absolute atomic E-state index is 5.99. The Bertz CT molecular complexity index is 350. The lowest BCUT2D eigenvalue weighted by Gasteiger charge is -2.22. The van der Waals surface area contributed by atoms with Crippen LogP contribution in [0.4, 0.5) is 0 Å². The van der Waals surface area contributed by atoms with Gasteiger partial charge in [-0.2, -0.15) is 0 Å². The molecular formula is C12H18BrNO2S. The van der Waals surface area contributed by atoms with Crippen molar-refractivity contribution in [3.05, 3.63) is 20.8 Å². The van der Waals surface area contributed by atoms with Gasteiger partial charge in [0.15, 0.2) is 0 Å². The Morgan fingerprint density at radius 2 is 2.53 bits per heavy atom. The van der Waals surface area contributed by atoms with Crippen molar-refractivity contribution in [1.82, 2.24) is 0 Å². The molecule has 3 atom stereocenters. The van der Waals surface area contributed by atoms with Crippen molar-refractivity contribution < 1.29 is 9.47 Å². The Kier molecular flexibility index (Phi) is 4.99. The van der Waals surface area contributed by atoms with Gasteiger partial charge in [-0.3, -0.25) is 0 Å². The van der Waals surface area contributed by atoms with Crippen LogP contribution in [-0.4, -0.2) is 25.4 Å². The van der Waals surface area contributed by atoms with Crippen molar-refractivity contribution in [2.45, 2.75) is 38.0 Å². The van der Waals surface area contributed by atoms with Crippen molar-refractivity contribution in [1.29, 1.82) is 0 Å². The summed E-state index contributed by atoms with van der Waals surface area (Å²) in [6.45, 7) is 3.48. The van der Waals surface area contributed by atoms with Gasteiger partial charge >= 0.3 is 0 Å². The van der Waals surface area contributed by atoms with E-state index in [9.17, 15) is 0 Å². The summed E-state index contributed by atoms with van der Waals surface area (Å²) in [5.74, 6) is 0. The van der Waals surface area contributed by atoms with Gasteiger partial charge in [0.1, 0.15) is 6.10 Å². The molecule has 3 unspecified atom stereocenters. The fourth-order valence-corrected chi connectivity index (χ4v) is 3.56. The largest absolute Gasteiger partial charge is 0.376 e. The lowest BCUT2D eigenvalue weighted by molar-refractivity contribution is -0.0272. The highest BCUT2D eigenvalue weighted by Crippen LogP contribution is 2.30. The molecule has 1 aliphatic rings. The summed E-state index contributed by atoms with van der Waals surface area (Å²) in [5.41, 5.74) is 5.99. The van der Waals surface area contributed by atoms with Gasteiger partial charge < -0.3 is 15.2 Å². The quantitative estimate of drug-likeness (QED) is 0.907. The van der Waals surface area contributed by atoms with Crippen LogP contribution in [0.15, 0.2) is 15.9 Å². The molecule has 1 aromatic heterocycles. The number of ether oxygens (including phenoxy) is 2. The Labute approximate surface area is 114 Å². The highest BCUT2D eigenvalue weighted by Gasteiger charge is 2.22. The van der Waals surface area contributed by atoms with Crippen molar-refractivity contribution in [2.75, 3.05) is 13.2 Å². The van der Waals surface area contributed by atoms with Gasteiger partial charge in [0.2, 0.25) is 0 Å². The number of hydrogen-bond acceptors (Lipinski definition) is 4. The van der Waals surface area contributed by atoms with E-state index in [1.165, 1.54) is 4.88 Å². The summed E-state index contributed by atoms with van der Waals surface area (Å²) in [6, 6.07) is 2.07. The molecule has 0 bridgehead atoms. The monoisotopic (exact) mass is 319 g/mol. The molecule has 1 saturated heterocycles. The van der Waals surface area contributed by atoms with E-state index in [2.05, 4.69) is 27.4 Å². The van der Waals surface area contributed by atoms with E-state index in [0.717, 1.165) is 23.9 Å². The minimum absolute atomic E-state index is 0.0121. The zero-order valence-corrected chi connectivity index (χ0v) is 12.3. The average molecular weight is 320 g/mol. The molecule has 96 valence electrons. The summed E-state index contributed by atoms with van der Waals surface area (Å²) >= 11 is 5.13. The van der Waals surface area contributed by atoms with E-state index in [-0.39, 0.29) is 18.2 Å². The number of rotatable bonds is 5. The molecule has 2 N–H and O–H groups in total. The first-order valence-electron chi connectivity index (χ1n) is 5.89. The first-order valence-corrected chi connectivity index (χ1v) is 7.57. The number of hydrogen-bond donors (Lipinski definition) is 1. The van der Waals surface area contributed by atoms with E-state index in [1.54, 1.807) is 11.3 Å². The molecule has 0 aromatic carbocycles. The zero-order valence-electron chi connectivity index (χ0n) is 9.90. The van der Waals surface area contributed by atoms with Crippen LogP contribution in [0.1, 0.15) is 30.7 Å². The smallest absolute Gasteiger partial charge is 0.107 e. The van der Waals surface area contributed by atoms with Crippen molar-refractivity contribution in [3.63, 3.8) is 0 Å². The predicted molar refractivity (Wildman–Crippen MR) is 73.3 cm³/mol. The molecule has 0 radical (unpaired) electrons.